The zero-order valence-electron chi connectivity index (χ0n) is 15.5. The second-order valence-corrected chi connectivity index (χ2v) is 7.74. The van der Waals surface area contributed by atoms with Crippen molar-refractivity contribution in [3.05, 3.63) is 93.2 Å². The van der Waals surface area contributed by atoms with Gasteiger partial charge in [-0.25, -0.2) is 0 Å². The summed E-state index contributed by atoms with van der Waals surface area (Å²) in [5.41, 5.74) is 3.76. The lowest BCUT2D eigenvalue weighted by molar-refractivity contribution is -0.121. The van der Waals surface area contributed by atoms with Gasteiger partial charge in [0.15, 0.2) is 0 Å². The molecule has 0 radical (unpaired) electrons. The summed E-state index contributed by atoms with van der Waals surface area (Å²) in [6.07, 6.45) is 4.24. The fourth-order valence-corrected chi connectivity index (χ4v) is 3.67. The van der Waals surface area contributed by atoms with Crippen LogP contribution >= 0.6 is 27.5 Å². The topological polar surface area (TPSA) is 54.0 Å². The number of carbonyl (C=O) groups is 1. The Morgan fingerprint density at radius 2 is 1.89 bits per heavy atom. The predicted molar refractivity (Wildman–Crippen MR) is 118 cm³/mol. The molecule has 3 aromatic rings. The zero-order valence-corrected chi connectivity index (χ0v) is 17.8. The molecule has 0 saturated heterocycles. The minimum atomic E-state index is -0.576. The largest absolute Gasteiger partial charge is 0.369 e. The molecule has 0 saturated carbocycles. The number of nitrogens with one attached hydrogen (secondary N) is 2. The number of hydrogen-bond donors (Lipinski definition) is 2. The van der Waals surface area contributed by atoms with Crippen LogP contribution in [0.5, 0.6) is 0 Å². The average Bonchev–Trinajstić information content (AvgIpc) is 2.69. The second kappa shape index (κ2) is 9.71. The molecule has 1 atom stereocenters. The first-order chi connectivity index (χ1) is 13.5. The average molecular weight is 459 g/mol. The van der Waals surface area contributed by atoms with E-state index in [9.17, 15) is 4.79 Å². The number of pyridine rings is 1. The maximum atomic E-state index is 13.0. The van der Waals surface area contributed by atoms with E-state index in [0.717, 1.165) is 33.3 Å². The van der Waals surface area contributed by atoms with Crippen LogP contribution in [-0.2, 0) is 11.2 Å². The molecule has 0 aliphatic carbocycles. The van der Waals surface area contributed by atoms with Crippen LogP contribution in [0.2, 0.25) is 5.02 Å². The quantitative estimate of drug-likeness (QED) is 0.504. The van der Waals surface area contributed by atoms with Crippen molar-refractivity contribution in [1.82, 2.24) is 10.3 Å². The van der Waals surface area contributed by atoms with E-state index in [4.69, 9.17) is 11.6 Å². The van der Waals surface area contributed by atoms with Gasteiger partial charge < -0.3 is 10.6 Å². The van der Waals surface area contributed by atoms with E-state index in [1.54, 1.807) is 12.4 Å². The van der Waals surface area contributed by atoms with Crippen molar-refractivity contribution >= 4 is 39.1 Å². The highest BCUT2D eigenvalue weighted by Gasteiger charge is 2.23. The summed E-state index contributed by atoms with van der Waals surface area (Å²) >= 11 is 9.93. The number of hydrogen-bond acceptors (Lipinski definition) is 3. The lowest BCUT2D eigenvalue weighted by Crippen LogP contribution is -2.35. The summed E-state index contributed by atoms with van der Waals surface area (Å²) in [6, 6.07) is 16.7. The summed E-state index contributed by atoms with van der Waals surface area (Å²) in [5, 5.41) is 6.90. The number of aromatic nitrogens is 1. The Morgan fingerprint density at radius 3 is 2.61 bits per heavy atom. The molecule has 0 aliphatic heterocycles. The fourth-order valence-electron chi connectivity index (χ4n) is 2.87. The molecule has 3 rings (SSSR count). The number of halogens is 2. The van der Waals surface area contributed by atoms with E-state index in [0.29, 0.717) is 11.6 Å². The Balaban J connectivity index is 1.77. The Morgan fingerprint density at radius 1 is 1.14 bits per heavy atom. The molecule has 28 heavy (non-hydrogen) atoms. The van der Waals surface area contributed by atoms with E-state index in [-0.39, 0.29) is 5.91 Å². The maximum Gasteiger partial charge on any atom is 0.247 e. The number of benzene rings is 2. The van der Waals surface area contributed by atoms with Gasteiger partial charge in [-0.3, -0.25) is 9.78 Å². The Hall–Kier alpha value is -2.37. The van der Waals surface area contributed by atoms with E-state index in [2.05, 4.69) is 31.5 Å². The van der Waals surface area contributed by atoms with Gasteiger partial charge >= 0.3 is 0 Å². The highest BCUT2D eigenvalue weighted by molar-refractivity contribution is 9.10. The van der Waals surface area contributed by atoms with E-state index in [1.807, 2.05) is 61.5 Å². The smallest absolute Gasteiger partial charge is 0.247 e. The second-order valence-electron chi connectivity index (χ2n) is 6.48. The van der Waals surface area contributed by atoms with Crippen molar-refractivity contribution in [2.45, 2.75) is 19.4 Å². The van der Waals surface area contributed by atoms with Crippen molar-refractivity contribution in [2.24, 2.45) is 0 Å². The van der Waals surface area contributed by atoms with E-state index < -0.39 is 6.04 Å². The monoisotopic (exact) mass is 457 g/mol. The van der Waals surface area contributed by atoms with Crippen LogP contribution in [0.4, 0.5) is 5.69 Å². The highest BCUT2D eigenvalue weighted by Crippen LogP contribution is 2.30. The molecule has 0 aliphatic rings. The zero-order chi connectivity index (χ0) is 19.9. The van der Waals surface area contributed by atoms with Crippen LogP contribution in [0.3, 0.4) is 0 Å². The minimum Gasteiger partial charge on any atom is -0.369 e. The van der Waals surface area contributed by atoms with E-state index >= 15 is 0 Å². The molecule has 1 heterocycles. The van der Waals surface area contributed by atoms with Crippen molar-refractivity contribution < 1.29 is 4.79 Å². The third-order valence-corrected chi connectivity index (χ3v) is 5.40. The van der Waals surface area contributed by atoms with Crippen molar-refractivity contribution in [3.63, 3.8) is 0 Å². The summed E-state index contributed by atoms with van der Waals surface area (Å²) in [6.45, 7) is 2.51. The van der Waals surface area contributed by atoms with Crippen LogP contribution in [0.1, 0.15) is 22.7 Å². The molecule has 2 N–H and O–H groups in total. The van der Waals surface area contributed by atoms with Crippen LogP contribution in [0, 0.1) is 6.92 Å². The Bertz CT molecular complexity index is 950. The van der Waals surface area contributed by atoms with Gasteiger partial charge in [0.25, 0.3) is 0 Å². The van der Waals surface area contributed by atoms with Gasteiger partial charge in [-0.1, -0.05) is 51.8 Å². The van der Waals surface area contributed by atoms with Gasteiger partial charge in [-0.2, -0.15) is 0 Å². The maximum absolute atomic E-state index is 13.0. The standard InChI is InChI=1S/C22H21BrClN3O/c1-15-6-7-20(19(24)14-15)27-21(17-4-2-3-5-18(17)23)22(28)26-13-10-16-8-11-25-12-9-16/h2-9,11-12,14,21,27H,10,13H2,1H3,(H,26,28)/t21-/m1/s1. The van der Waals surface area contributed by atoms with Crippen LogP contribution in [-0.4, -0.2) is 17.4 Å². The number of rotatable bonds is 7. The van der Waals surface area contributed by atoms with Crippen LogP contribution in [0.25, 0.3) is 0 Å². The SMILES string of the molecule is Cc1ccc(N[C@@H](C(=O)NCCc2ccncc2)c2ccccc2Br)c(Cl)c1. The lowest BCUT2D eigenvalue weighted by atomic mass is 10.1. The first-order valence-corrected chi connectivity index (χ1v) is 10.2. The number of aryl methyl sites for hydroxylation is 1. The molecule has 0 bridgehead atoms. The molecule has 6 heteroatoms. The summed E-state index contributed by atoms with van der Waals surface area (Å²) < 4.78 is 0.861. The normalized spacial score (nSPS) is 11.7. The Kier molecular flexibility index (Phi) is 7.06. The predicted octanol–water partition coefficient (Wildman–Crippen LogP) is 5.32. The molecular formula is C22H21BrClN3O. The number of nitrogens with zero attached hydrogens (tertiary/aromatic N) is 1. The molecule has 2 aromatic carbocycles. The number of carbonyl (C=O) groups excluding carboxylic acids is 1. The Labute approximate surface area is 178 Å². The van der Waals surface area contributed by atoms with Crippen molar-refractivity contribution in [1.29, 1.82) is 0 Å². The minimum absolute atomic E-state index is 0.113. The van der Waals surface area contributed by atoms with Gasteiger partial charge in [0.2, 0.25) is 5.91 Å². The molecule has 144 valence electrons. The van der Waals surface area contributed by atoms with Crippen molar-refractivity contribution in [3.8, 4) is 0 Å². The molecule has 1 amide bonds. The molecule has 0 unspecified atom stereocenters. The number of amides is 1. The van der Waals surface area contributed by atoms with Gasteiger partial charge in [-0.15, -0.1) is 0 Å². The summed E-state index contributed by atoms with van der Waals surface area (Å²) in [5.74, 6) is -0.113. The fraction of sp³-hybridized carbons (Fsp3) is 0.182. The van der Waals surface area contributed by atoms with Crippen LogP contribution in [0.15, 0.2) is 71.5 Å². The molecule has 1 aromatic heterocycles. The summed E-state index contributed by atoms with van der Waals surface area (Å²) in [7, 11) is 0. The highest BCUT2D eigenvalue weighted by atomic mass is 79.9. The van der Waals surface area contributed by atoms with E-state index in [1.165, 1.54) is 0 Å². The van der Waals surface area contributed by atoms with Gasteiger partial charge in [0, 0.05) is 23.4 Å². The molecule has 0 fully saturated rings. The third-order valence-electron chi connectivity index (χ3n) is 4.37. The first-order valence-electron chi connectivity index (χ1n) is 8.98. The molecule has 0 spiro atoms. The lowest BCUT2D eigenvalue weighted by Gasteiger charge is -2.22. The van der Waals surface area contributed by atoms with Crippen molar-refractivity contribution in [2.75, 3.05) is 11.9 Å². The third kappa shape index (κ3) is 5.33. The van der Waals surface area contributed by atoms with Crippen LogP contribution < -0.4 is 10.6 Å². The van der Waals surface area contributed by atoms with Gasteiger partial charge in [0.05, 0.1) is 10.7 Å². The molecule has 4 nitrogen and oxygen atoms in total. The van der Waals surface area contributed by atoms with Gasteiger partial charge in [0.1, 0.15) is 6.04 Å². The van der Waals surface area contributed by atoms with Gasteiger partial charge in [-0.05, 0) is 60.4 Å². The number of anilines is 1. The summed E-state index contributed by atoms with van der Waals surface area (Å²) in [4.78, 5) is 17.0. The first kappa shape index (κ1) is 20.4. The molecular weight excluding hydrogens is 438 g/mol.